The molecule has 0 radical (unpaired) electrons. The van der Waals surface area contributed by atoms with Crippen molar-refractivity contribution in [1.29, 1.82) is 0 Å². The summed E-state index contributed by atoms with van der Waals surface area (Å²) in [6.45, 7) is 0. The number of hydrogen-bond acceptors (Lipinski definition) is 3. The van der Waals surface area contributed by atoms with Crippen molar-refractivity contribution < 1.29 is 9.13 Å². The molecule has 4 nitrogen and oxygen atoms in total. The van der Waals surface area contributed by atoms with E-state index in [4.69, 9.17) is 4.74 Å². The Kier molecular flexibility index (Phi) is 3.09. The molecule has 0 N–H and O–H groups in total. The Labute approximate surface area is 122 Å². The highest BCUT2D eigenvalue weighted by Crippen LogP contribution is 2.32. The van der Waals surface area contributed by atoms with Crippen LogP contribution in [0.25, 0.3) is 11.0 Å². The molecule has 0 bridgehead atoms. The second kappa shape index (κ2) is 4.76. The SMILES string of the molecule is Cn1nc(I)c2c(Oc3ccccc3F)ccnc21. The average Bonchev–Trinajstić information content (AvgIpc) is 2.69. The molecule has 0 fully saturated rings. The first kappa shape index (κ1) is 12.3. The van der Waals surface area contributed by atoms with E-state index in [2.05, 4.69) is 32.7 Å². The van der Waals surface area contributed by atoms with E-state index < -0.39 is 5.82 Å². The molecule has 19 heavy (non-hydrogen) atoms. The van der Waals surface area contributed by atoms with Gasteiger partial charge in [0.2, 0.25) is 0 Å². The van der Waals surface area contributed by atoms with Crippen LogP contribution in [-0.4, -0.2) is 14.8 Å². The van der Waals surface area contributed by atoms with Crippen LogP contribution in [-0.2, 0) is 7.05 Å². The van der Waals surface area contributed by atoms with Gasteiger partial charge in [0.25, 0.3) is 0 Å². The highest BCUT2D eigenvalue weighted by molar-refractivity contribution is 14.1. The predicted molar refractivity (Wildman–Crippen MR) is 77.7 cm³/mol. The molecule has 0 saturated heterocycles. The molecule has 0 aliphatic rings. The Bertz CT molecular complexity index is 757. The highest BCUT2D eigenvalue weighted by atomic mass is 127. The monoisotopic (exact) mass is 369 g/mol. The maximum absolute atomic E-state index is 13.6. The standard InChI is InChI=1S/C13H9FIN3O/c1-18-13-11(12(15)17-18)10(6-7-16-13)19-9-5-3-2-4-8(9)14/h2-7H,1H3. The van der Waals surface area contributed by atoms with Crippen molar-refractivity contribution in [3.63, 3.8) is 0 Å². The van der Waals surface area contributed by atoms with Gasteiger partial charge in [0.05, 0.1) is 5.39 Å². The zero-order chi connectivity index (χ0) is 13.4. The van der Waals surface area contributed by atoms with E-state index >= 15 is 0 Å². The molecule has 96 valence electrons. The maximum atomic E-state index is 13.6. The minimum absolute atomic E-state index is 0.189. The van der Waals surface area contributed by atoms with Crippen LogP contribution < -0.4 is 4.74 Å². The third-order valence-electron chi connectivity index (χ3n) is 2.70. The quantitative estimate of drug-likeness (QED) is 0.650. The number of pyridine rings is 1. The maximum Gasteiger partial charge on any atom is 0.165 e. The third kappa shape index (κ3) is 2.16. The van der Waals surface area contributed by atoms with Gasteiger partial charge in [-0.25, -0.2) is 14.1 Å². The lowest BCUT2D eigenvalue weighted by molar-refractivity contribution is 0.446. The van der Waals surface area contributed by atoms with Crippen molar-refractivity contribution >= 4 is 33.6 Å². The Morgan fingerprint density at radius 1 is 1.21 bits per heavy atom. The molecule has 0 amide bonds. The summed E-state index contributed by atoms with van der Waals surface area (Å²) in [4.78, 5) is 4.25. The number of rotatable bonds is 2. The van der Waals surface area contributed by atoms with Crippen LogP contribution in [0.2, 0.25) is 0 Å². The predicted octanol–water partition coefficient (Wildman–Crippen LogP) is 3.50. The van der Waals surface area contributed by atoms with Crippen LogP contribution in [0.4, 0.5) is 4.39 Å². The van der Waals surface area contributed by atoms with Gasteiger partial charge in [-0.15, -0.1) is 0 Å². The number of halogens is 2. The summed E-state index contributed by atoms with van der Waals surface area (Å²) in [6.07, 6.45) is 1.62. The van der Waals surface area contributed by atoms with Crippen LogP contribution in [0.3, 0.4) is 0 Å². The first-order valence-electron chi connectivity index (χ1n) is 5.56. The number of benzene rings is 1. The molecule has 3 aromatic rings. The fraction of sp³-hybridized carbons (Fsp3) is 0.0769. The van der Waals surface area contributed by atoms with Crippen LogP contribution in [0.5, 0.6) is 11.5 Å². The molecule has 3 rings (SSSR count). The Morgan fingerprint density at radius 2 is 2.00 bits per heavy atom. The van der Waals surface area contributed by atoms with E-state index in [0.717, 1.165) is 9.09 Å². The first-order valence-corrected chi connectivity index (χ1v) is 6.64. The van der Waals surface area contributed by atoms with E-state index in [1.165, 1.54) is 6.07 Å². The fourth-order valence-electron chi connectivity index (χ4n) is 1.83. The largest absolute Gasteiger partial charge is 0.453 e. The summed E-state index contributed by atoms with van der Waals surface area (Å²) >= 11 is 2.11. The minimum Gasteiger partial charge on any atom is -0.453 e. The molecule has 1 aromatic carbocycles. The molecule has 0 unspecified atom stereocenters. The molecular weight excluding hydrogens is 360 g/mol. The van der Waals surface area contributed by atoms with Crippen LogP contribution in [0.15, 0.2) is 36.5 Å². The fourth-order valence-corrected chi connectivity index (χ4v) is 2.66. The van der Waals surface area contributed by atoms with Crippen molar-refractivity contribution in [2.24, 2.45) is 7.05 Å². The molecule has 0 aliphatic heterocycles. The van der Waals surface area contributed by atoms with Gasteiger partial charge in [-0.05, 0) is 34.7 Å². The molecule has 2 aromatic heterocycles. The minimum atomic E-state index is -0.397. The zero-order valence-electron chi connectivity index (χ0n) is 9.97. The Morgan fingerprint density at radius 3 is 2.79 bits per heavy atom. The van der Waals surface area contributed by atoms with E-state index in [0.29, 0.717) is 11.4 Å². The van der Waals surface area contributed by atoms with Crippen LogP contribution >= 0.6 is 22.6 Å². The molecule has 0 spiro atoms. The number of aryl methyl sites for hydroxylation is 1. The number of nitrogens with zero attached hydrogens (tertiary/aromatic N) is 3. The number of aromatic nitrogens is 3. The summed E-state index contributed by atoms with van der Waals surface area (Å²) in [7, 11) is 1.81. The topological polar surface area (TPSA) is 39.9 Å². The van der Waals surface area contributed by atoms with Crippen molar-refractivity contribution in [3.05, 3.63) is 46.0 Å². The first-order chi connectivity index (χ1) is 9.16. The molecule has 0 saturated carbocycles. The van der Waals surface area contributed by atoms with Gasteiger partial charge in [-0.2, -0.15) is 5.10 Å². The lowest BCUT2D eigenvalue weighted by atomic mass is 10.3. The van der Waals surface area contributed by atoms with Gasteiger partial charge in [0.1, 0.15) is 9.45 Å². The number of para-hydroxylation sites is 1. The highest BCUT2D eigenvalue weighted by Gasteiger charge is 2.14. The summed E-state index contributed by atoms with van der Waals surface area (Å²) in [5.41, 5.74) is 0.707. The van der Waals surface area contributed by atoms with Gasteiger partial charge in [-0.3, -0.25) is 0 Å². The molecular formula is C13H9FIN3O. The van der Waals surface area contributed by atoms with Gasteiger partial charge < -0.3 is 4.74 Å². The number of fused-ring (bicyclic) bond motifs is 1. The molecule has 0 atom stereocenters. The van der Waals surface area contributed by atoms with Gasteiger partial charge in [-0.1, -0.05) is 12.1 Å². The lowest BCUT2D eigenvalue weighted by Gasteiger charge is -2.07. The average molecular weight is 369 g/mol. The Hall–Kier alpha value is -1.70. The second-order valence-corrected chi connectivity index (χ2v) is 4.98. The van der Waals surface area contributed by atoms with Crippen LogP contribution in [0.1, 0.15) is 0 Å². The molecule has 2 heterocycles. The summed E-state index contributed by atoms with van der Waals surface area (Å²) in [5.74, 6) is 0.341. The summed E-state index contributed by atoms with van der Waals surface area (Å²) < 4.78 is 21.7. The van der Waals surface area contributed by atoms with Crippen molar-refractivity contribution in [1.82, 2.24) is 14.8 Å². The van der Waals surface area contributed by atoms with Gasteiger partial charge >= 0.3 is 0 Å². The number of hydrogen-bond donors (Lipinski definition) is 0. The zero-order valence-corrected chi connectivity index (χ0v) is 12.1. The normalized spacial score (nSPS) is 10.9. The lowest BCUT2D eigenvalue weighted by Crippen LogP contribution is -1.92. The van der Waals surface area contributed by atoms with E-state index in [9.17, 15) is 4.39 Å². The van der Waals surface area contributed by atoms with E-state index in [1.807, 2.05) is 7.05 Å². The molecule has 6 heteroatoms. The molecule has 0 aliphatic carbocycles. The third-order valence-corrected chi connectivity index (χ3v) is 3.46. The number of ether oxygens (including phenoxy) is 1. The van der Waals surface area contributed by atoms with Gasteiger partial charge in [0, 0.05) is 19.3 Å². The van der Waals surface area contributed by atoms with E-state index in [1.54, 1.807) is 35.1 Å². The summed E-state index contributed by atoms with van der Waals surface area (Å²) in [6, 6.07) is 8.01. The van der Waals surface area contributed by atoms with Crippen molar-refractivity contribution in [3.8, 4) is 11.5 Å². The van der Waals surface area contributed by atoms with Crippen molar-refractivity contribution in [2.75, 3.05) is 0 Å². The Balaban J connectivity index is 2.14. The van der Waals surface area contributed by atoms with Crippen molar-refractivity contribution in [2.45, 2.75) is 0 Å². The van der Waals surface area contributed by atoms with Crippen LogP contribution in [0, 0.1) is 9.52 Å². The van der Waals surface area contributed by atoms with Gasteiger partial charge in [0.15, 0.2) is 17.2 Å². The summed E-state index contributed by atoms with van der Waals surface area (Å²) in [5, 5.41) is 5.07. The smallest absolute Gasteiger partial charge is 0.165 e. The second-order valence-electron chi connectivity index (χ2n) is 3.95. The van der Waals surface area contributed by atoms with E-state index in [-0.39, 0.29) is 5.75 Å².